The minimum absolute atomic E-state index is 0.0718. The van der Waals surface area contributed by atoms with Gasteiger partial charge in [0.05, 0.1) is 10.0 Å². The summed E-state index contributed by atoms with van der Waals surface area (Å²) in [5.74, 6) is 0.0718. The van der Waals surface area contributed by atoms with Gasteiger partial charge in [-0.1, -0.05) is 83.9 Å². The lowest BCUT2D eigenvalue weighted by molar-refractivity contribution is -0.119. The van der Waals surface area contributed by atoms with Crippen LogP contribution >= 0.6 is 23.2 Å². The van der Waals surface area contributed by atoms with E-state index in [9.17, 15) is 9.59 Å². The van der Waals surface area contributed by atoms with Crippen molar-refractivity contribution in [2.45, 2.75) is 50.2 Å². The number of rotatable bonds is 9. The Balaban J connectivity index is 1.20. The van der Waals surface area contributed by atoms with Crippen molar-refractivity contribution >= 4 is 34.8 Å². The Labute approximate surface area is 271 Å². The van der Waals surface area contributed by atoms with Crippen LogP contribution in [0.1, 0.15) is 36.8 Å². The van der Waals surface area contributed by atoms with E-state index in [1.54, 1.807) is 16.8 Å². The lowest BCUT2D eigenvalue weighted by Gasteiger charge is -2.19. The molecule has 4 N–H and O–H groups in total. The van der Waals surface area contributed by atoms with Crippen LogP contribution in [-0.2, 0) is 17.8 Å². The standard InChI is InChI=1S/C36H33Cl2N5O2/c37-33-27(23-13-16-43-30(17-23)41-20-25(35(43)45)19-40-21-26-10-12-31(44)42-26)7-4-8-28(33)29-11-9-24(18-36(39)14-15-36)32(34(29)38)22-5-2-1-3-6-22/h1-9,11,13,16-17,20,26,40H,10,12,14-15,18-19,21,39H2,(H,42,44)/t26-/m1/s1. The largest absolute Gasteiger partial charge is 0.352 e. The number of halogens is 2. The number of carbonyl (C=O) groups is 1. The van der Waals surface area contributed by atoms with Gasteiger partial charge in [0.2, 0.25) is 5.91 Å². The average molecular weight is 639 g/mol. The molecular weight excluding hydrogens is 605 g/mol. The topological polar surface area (TPSA) is 102 Å². The van der Waals surface area contributed by atoms with Gasteiger partial charge in [-0.2, -0.15) is 0 Å². The summed E-state index contributed by atoms with van der Waals surface area (Å²) in [6, 6.07) is 24.1. The molecule has 3 aromatic carbocycles. The molecular formula is C36H33Cl2N5O2. The fourth-order valence-corrected chi connectivity index (χ4v) is 6.91. The first-order valence-electron chi connectivity index (χ1n) is 15.2. The summed E-state index contributed by atoms with van der Waals surface area (Å²) in [7, 11) is 0. The van der Waals surface area contributed by atoms with Gasteiger partial charge < -0.3 is 16.4 Å². The van der Waals surface area contributed by atoms with Crippen LogP contribution in [0, 0.1) is 0 Å². The summed E-state index contributed by atoms with van der Waals surface area (Å²) in [4.78, 5) is 29.3. The molecule has 228 valence electrons. The predicted octanol–water partition coefficient (Wildman–Crippen LogP) is 6.40. The van der Waals surface area contributed by atoms with E-state index in [4.69, 9.17) is 28.9 Å². The number of amides is 1. The molecule has 1 aliphatic carbocycles. The van der Waals surface area contributed by atoms with Gasteiger partial charge in [-0.3, -0.25) is 14.0 Å². The summed E-state index contributed by atoms with van der Waals surface area (Å²) in [6.45, 7) is 0.975. The van der Waals surface area contributed by atoms with Crippen molar-refractivity contribution in [3.8, 4) is 33.4 Å². The zero-order chi connectivity index (χ0) is 31.1. The number of fused-ring (bicyclic) bond motifs is 1. The first kappa shape index (κ1) is 29.7. The molecule has 1 atom stereocenters. The van der Waals surface area contributed by atoms with E-state index in [0.717, 1.165) is 64.6 Å². The van der Waals surface area contributed by atoms with Crippen LogP contribution in [0.25, 0.3) is 39.0 Å². The summed E-state index contributed by atoms with van der Waals surface area (Å²) in [5, 5.41) is 7.41. The van der Waals surface area contributed by atoms with Gasteiger partial charge >= 0.3 is 0 Å². The highest BCUT2D eigenvalue weighted by molar-refractivity contribution is 6.39. The van der Waals surface area contributed by atoms with E-state index >= 15 is 0 Å². The van der Waals surface area contributed by atoms with Gasteiger partial charge in [0, 0.05) is 71.3 Å². The normalized spacial score (nSPS) is 17.0. The first-order chi connectivity index (χ1) is 21.8. The second kappa shape index (κ2) is 12.1. The number of hydrogen-bond acceptors (Lipinski definition) is 5. The number of nitrogens with zero attached hydrogens (tertiary/aromatic N) is 2. The number of nitrogens with two attached hydrogens (primary N) is 1. The maximum atomic E-state index is 13.2. The molecule has 2 aromatic heterocycles. The molecule has 0 unspecified atom stereocenters. The SMILES string of the molecule is NC1(Cc2ccc(-c3cccc(-c4ccn5c(=O)c(CNC[C@H]6CCC(=O)N6)cnc5c4)c3Cl)c(Cl)c2-c2ccccc2)CC1. The van der Waals surface area contributed by atoms with Gasteiger partial charge in [0.15, 0.2) is 0 Å². The Morgan fingerprint density at radius 2 is 1.69 bits per heavy atom. The molecule has 2 fully saturated rings. The highest BCUT2D eigenvalue weighted by Crippen LogP contribution is 2.46. The Morgan fingerprint density at radius 1 is 0.911 bits per heavy atom. The van der Waals surface area contributed by atoms with Gasteiger partial charge in [0.25, 0.3) is 5.56 Å². The van der Waals surface area contributed by atoms with Crippen molar-refractivity contribution in [2.75, 3.05) is 6.54 Å². The van der Waals surface area contributed by atoms with Crippen molar-refractivity contribution in [1.82, 2.24) is 20.0 Å². The number of benzene rings is 3. The van der Waals surface area contributed by atoms with E-state index in [2.05, 4.69) is 33.8 Å². The molecule has 1 amide bonds. The summed E-state index contributed by atoms with van der Waals surface area (Å²) in [5.41, 5.74) is 13.8. The molecule has 0 bridgehead atoms. The monoisotopic (exact) mass is 637 g/mol. The Hall–Kier alpha value is -4.01. The van der Waals surface area contributed by atoms with Crippen LogP contribution < -0.4 is 21.9 Å². The van der Waals surface area contributed by atoms with Crippen LogP contribution in [0.15, 0.2) is 90.0 Å². The maximum Gasteiger partial charge on any atom is 0.262 e. The lowest BCUT2D eigenvalue weighted by Crippen LogP contribution is -2.36. The highest BCUT2D eigenvalue weighted by Gasteiger charge is 2.39. The van der Waals surface area contributed by atoms with Crippen molar-refractivity contribution in [2.24, 2.45) is 5.73 Å². The molecule has 1 saturated heterocycles. The Morgan fingerprint density at radius 3 is 2.44 bits per heavy atom. The Bertz CT molecular complexity index is 1990. The van der Waals surface area contributed by atoms with Crippen molar-refractivity contribution in [3.63, 3.8) is 0 Å². The zero-order valence-electron chi connectivity index (χ0n) is 24.7. The van der Waals surface area contributed by atoms with Crippen LogP contribution in [0.4, 0.5) is 0 Å². The molecule has 45 heavy (non-hydrogen) atoms. The number of pyridine rings is 1. The fraction of sp³-hybridized carbons (Fsp3) is 0.250. The predicted molar refractivity (Wildman–Crippen MR) is 181 cm³/mol. The Kier molecular flexibility index (Phi) is 7.96. The van der Waals surface area contributed by atoms with Gasteiger partial charge in [-0.05, 0) is 54.5 Å². The van der Waals surface area contributed by atoms with Crippen molar-refractivity contribution in [3.05, 3.63) is 117 Å². The second-order valence-corrected chi connectivity index (χ2v) is 13.0. The van der Waals surface area contributed by atoms with E-state index in [-0.39, 0.29) is 23.0 Å². The third-order valence-electron chi connectivity index (χ3n) is 8.90. The quantitative estimate of drug-likeness (QED) is 0.173. The smallest absolute Gasteiger partial charge is 0.262 e. The minimum Gasteiger partial charge on any atom is -0.352 e. The summed E-state index contributed by atoms with van der Waals surface area (Å²) < 4.78 is 1.54. The van der Waals surface area contributed by atoms with E-state index in [0.29, 0.717) is 40.8 Å². The van der Waals surface area contributed by atoms with Crippen molar-refractivity contribution < 1.29 is 4.79 Å². The lowest BCUT2D eigenvalue weighted by atomic mass is 9.90. The highest BCUT2D eigenvalue weighted by atomic mass is 35.5. The van der Waals surface area contributed by atoms with Crippen LogP contribution in [0.2, 0.25) is 10.0 Å². The van der Waals surface area contributed by atoms with Gasteiger partial charge in [-0.15, -0.1) is 0 Å². The molecule has 7 nitrogen and oxygen atoms in total. The maximum absolute atomic E-state index is 13.2. The number of carbonyl (C=O) groups excluding carboxylic acids is 1. The number of nitrogens with one attached hydrogen (secondary N) is 2. The first-order valence-corrected chi connectivity index (χ1v) is 16.0. The molecule has 1 aliphatic heterocycles. The number of aromatic nitrogens is 2. The van der Waals surface area contributed by atoms with Crippen LogP contribution in [0.3, 0.4) is 0 Å². The molecule has 3 heterocycles. The molecule has 7 rings (SSSR count). The molecule has 0 spiro atoms. The van der Waals surface area contributed by atoms with Gasteiger partial charge in [-0.25, -0.2) is 4.98 Å². The second-order valence-electron chi connectivity index (χ2n) is 12.2. The zero-order valence-corrected chi connectivity index (χ0v) is 26.2. The van der Waals surface area contributed by atoms with Gasteiger partial charge in [0.1, 0.15) is 5.65 Å². The van der Waals surface area contributed by atoms with E-state index in [1.807, 2.05) is 54.6 Å². The third kappa shape index (κ3) is 6.01. The van der Waals surface area contributed by atoms with Crippen LogP contribution in [0.5, 0.6) is 0 Å². The van der Waals surface area contributed by atoms with Crippen molar-refractivity contribution in [1.29, 1.82) is 0 Å². The minimum atomic E-state index is -0.163. The van der Waals surface area contributed by atoms with E-state index in [1.165, 1.54) is 0 Å². The molecule has 0 radical (unpaired) electrons. The molecule has 1 saturated carbocycles. The molecule has 5 aromatic rings. The third-order valence-corrected chi connectivity index (χ3v) is 9.70. The number of hydrogen-bond donors (Lipinski definition) is 3. The van der Waals surface area contributed by atoms with Crippen LogP contribution in [-0.4, -0.2) is 33.4 Å². The summed E-state index contributed by atoms with van der Waals surface area (Å²) in [6.07, 6.45) is 7.49. The molecule has 2 aliphatic rings. The average Bonchev–Trinajstić information content (AvgIpc) is 3.62. The summed E-state index contributed by atoms with van der Waals surface area (Å²) >= 11 is 14.4. The fourth-order valence-electron chi connectivity index (χ4n) is 6.18. The van der Waals surface area contributed by atoms with E-state index < -0.39 is 0 Å². The molecule has 9 heteroatoms.